The molecule has 0 bridgehead atoms. The van der Waals surface area contributed by atoms with Crippen molar-refractivity contribution < 1.29 is 5.11 Å². The molecule has 0 spiro atoms. The molecule has 0 radical (unpaired) electrons. The lowest BCUT2D eigenvalue weighted by atomic mass is 9.85. The van der Waals surface area contributed by atoms with Crippen LogP contribution in [0.4, 0.5) is 0 Å². The molecule has 2 rings (SSSR count). The maximum Gasteiger partial charge on any atom is 0.0839 e. The van der Waals surface area contributed by atoms with Gasteiger partial charge < -0.3 is 10.4 Å². The Morgan fingerprint density at radius 2 is 2.24 bits per heavy atom. The molecular weight excluding hydrogens is 234 g/mol. The van der Waals surface area contributed by atoms with Gasteiger partial charge in [0.05, 0.1) is 11.5 Å². The highest BCUT2D eigenvalue weighted by molar-refractivity contribution is 6.22. The standard InChI is InChI=1S/C14H18ClNO/c1-16-13-8-7-11(15)9-12(13)14(17)10-5-3-2-4-6-10/h2-5,7-8,10-11,14,16-17H,6,9H2,1H3. The van der Waals surface area contributed by atoms with Gasteiger partial charge in [-0.25, -0.2) is 0 Å². The summed E-state index contributed by atoms with van der Waals surface area (Å²) in [6.45, 7) is 0. The van der Waals surface area contributed by atoms with Crippen molar-refractivity contribution in [2.75, 3.05) is 7.05 Å². The van der Waals surface area contributed by atoms with Crippen LogP contribution in [0.15, 0.2) is 47.7 Å². The Hall–Kier alpha value is -0.990. The van der Waals surface area contributed by atoms with Gasteiger partial charge >= 0.3 is 0 Å². The number of aliphatic hydroxyl groups is 1. The van der Waals surface area contributed by atoms with Gasteiger partial charge in [-0.1, -0.05) is 30.4 Å². The summed E-state index contributed by atoms with van der Waals surface area (Å²) in [7, 11) is 1.87. The van der Waals surface area contributed by atoms with Crippen molar-refractivity contribution in [1.82, 2.24) is 5.32 Å². The van der Waals surface area contributed by atoms with Crippen LogP contribution in [0, 0.1) is 5.92 Å². The Kier molecular flexibility index (Phi) is 4.08. The van der Waals surface area contributed by atoms with Crippen LogP contribution < -0.4 is 5.32 Å². The fourth-order valence-electron chi connectivity index (χ4n) is 2.31. The van der Waals surface area contributed by atoms with Crippen molar-refractivity contribution in [3.8, 4) is 0 Å². The van der Waals surface area contributed by atoms with Crippen molar-refractivity contribution in [3.63, 3.8) is 0 Å². The molecule has 2 aliphatic rings. The Morgan fingerprint density at radius 3 is 2.88 bits per heavy atom. The average Bonchev–Trinajstić information content (AvgIpc) is 2.39. The van der Waals surface area contributed by atoms with E-state index in [-0.39, 0.29) is 11.3 Å². The number of hydrogen-bond acceptors (Lipinski definition) is 2. The second-order valence-electron chi connectivity index (χ2n) is 4.43. The number of hydrogen-bond donors (Lipinski definition) is 2. The van der Waals surface area contributed by atoms with Crippen molar-refractivity contribution in [2.45, 2.75) is 24.3 Å². The Balaban J connectivity index is 2.18. The number of alkyl halides is 1. The lowest BCUT2D eigenvalue weighted by Gasteiger charge is -2.27. The summed E-state index contributed by atoms with van der Waals surface area (Å²) in [4.78, 5) is 0. The van der Waals surface area contributed by atoms with Gasteiger partial charge in [0.15, 0.2) is 0 Å². The molecule has 0 aliphatic heterocycles. The van der Waals surface area contributed by atoms with Gasteiger partial charge in [-0.2, -0.15) is 0 Å². The molecule has 17 heavy (non-hydrogen) atoms. The van der Waals surface area contributed by atoms with Gasteiger partial charge in [0.25, 0.3) is 0 Å². The van der Waals surface area contributed by atoms with Crippen LogP contribution in [0.1, 0.15) is 12.8 Å². The lowest BCUT2D eigenvalue weighted by Crippen LogP contribution is -2.28. The monoisotopic (exact) mass is 251 g/mol. The zero-order valence-electron chi connectivity index (χ0n) is 9.94. The fraction of sp³-hybridized carbons (Fsp3) is 0.429. The SMILES string of the molecule is CNC1=C(C(O)C2C=CC=CC2)CC(Cl)C=C1. The number of likely N-dealkylation sites (N-methyl/N-ethyl adjacent to an activating group) is 1. The maximum atomic E-state index is 10.4. The first-order valence-electron chi connectivity index (χ1n) is 5.97. The molecule has 92 valence electrons. The highest BCUT2D eigenvalue weighted by Gasteiger charge is 2.26. The van der Waals surface area contributed by atoms with Gasteiger partial charge in [0, 0.05) is 18.7 Å². The predicted octanol–water partition coefficient (Wildman–Crippen LogP) is 2.52. The molecule has 0 heterocycles. The van der Waals surface area contributed by atoms with Gasteiger partial charge in [-0.3, -0.25) is 0 Å². The van der Waals surface area contributed by atoms with Gasteiger partial charge in [0.2, 0.25) is 0 Å². The van der Waals surface area contributed by atoms with Crippen LogP contribution in [0.2, 0.25) is 0 Å². The van der Waals surface area contributed by atoms with E-state index in [0.717, 1.165) is 17.7 Å². The number of nitrogens with one attached hydrogen (secondary N) is 1. The molecule has 3 unspecified atom stereocenters. The Morgan fingerprint density at radius 1 is 1.41 bits per heavy atom. The van der Waals surface area contributed by atoms with E-state index in [9.17, 15) is 5.11 Å². The molecule has 2 aliphatic carbocycles. The minimum absolute atomic E-state index is 0.0140. The van der Waals surface area contributed by atoms with Crippen LogP contribution in [0.3, 0.4) is 0 Å². The minimum atomic E-state index is -0.454. The quantitative estimate of drug-likeness (QED) is 0.756. The van der Waals surface area contributed by atoms with Crippen LogP contribution in [0.5, 0.6) is 0 Å². The van der Waals surface area contributed by atoms with E-state index in [1.807, 2.05) is 31.4 Å². The molecule has 2 nitrogen and oxygen atoms in total. The van der Waals surface area contributed by atoms with Crippen LogP contribution >= 0.6 is 11.6 Å². The molecule has 0 saturated carbocycles. The van der Waals surface area contributed by atoms with Crippen molar-refractivity contribution >= 4 is 11.6 Å². The third kappa shape index (κ3) is 2.82. The Bertz CT molecular complexity index is 395. The minimum Gasteiger partial charge on any atom is -0.388 e. The molecule has 0 aromatic heterocycles. The summed E-state index contributed by atoms with van der Waals surface area (Å²) in [5, 5.41) is 13.6. The highest BCUT2D eigenvalue weighted by Crippen LogP contribution is 2.30. The normalized spacial score (nSPS) is 29.6. The molecule has 0 saturated heterocycles. The van der Waals surface area contributed by atoms with Crippen LogP contribution in [0.25, 0.3) is 0 Å². The van der Waals surface area contributed by atoms with E-state index in [0.29, 0.717) is 6.42 Å². The van der Waals surface area contributed by atoms with E-state index in [2.05, 4.69) is 17.5 Å². The van der Waals surface area contributed by atoms with E-state index in [4.69, 9.17) is 11.6 Å². The Labute approximate surface area is 107 Å². The third-order valence-corrected chi connectivity index (χ3v) is 3.58. The predicted molar refractivity (Wildman–Crippen MR) is 71.9 cm³/mol. The summed E-state index contributed by atoms with van der Waals surface area (Å²) >= 11 is 6.12. The van der Waals surface area contributed by atoms with Crippen molar-refractivity contribution in [2.24, 2.45) is 5.92 Å². The van der Waals surface area contributed by atoms with Crippen molar-refractivity contribution in [3.05, 3.63) is 47.7 Å². The van der Waals surface area contributed by atoms with Crippen LogP contribution in [-0.4, -0.2) is 23.6 Å². The van der Waals surface area contributed by atoms with Gasteiger partial charge in [-0.15, -0.1) is 11.6 Å². The maximum absolute atomic E-state index is 10.4. The number of aliphatic hydroxyl groups excluding tert-OH is 1. The number of allylic oxidation sites excluding steroid dienone is 5. The fourth-order valence-corrected chi connectivity index (χ4v) is 2.55. The number of halogens is 1. The summed E-state index contributed by atoms with van der Waals surface area (Å²) in [6, 6.07) is 0. The van der Waals surface area contributed by atoms with Gasteiger partial charge in [0.1, 0.15) is 0 Å². The molecule has 0 amide bonds. The summed E-state index contributed by atoms with van der Waals surface area (Å²) in [6.07, 6.45) is 13.2. The van der Waals surface area contributed by atoms with E-state index in [1.54, 1.807) is 0 Å². The first-order valence-corrected chi connectivity index (χ1v) is 6.40. The van der Waals surface area contributed by atoms with E-state index < -0.39 is 6.10 Å². The summed E-state index contributed by atoms with van der Waals surface area (Å²) in [5.74, 6) is 0.161. The van der Waals surface area contributed by atoms with E-state index in [1.165, 1.54) is 0 Å². The third-order valence-electron chi connectivity index (χ3n) is 3.28. The molecule has 3 atom stereocenters. The molecule has 2 N–H and O–H groups in total. The molecule has 0 aromatic rings. The second kappa shape index (κ2) is 5.56. The zero-order valence-corrected chi connectivity index (χ0v) is 10.7. The zero-order chi connectivity index (χ0) is 12.3. The first-order chi connectivity index (χ1) is 8.22. The highest BCUT2D eigenvalue weighted by atomic mass is 35.5. The summed E-state index contributed by atoms with van der Waals surface area (Å²) in [5.41, 5.74) is 2.01. The molecular formula is C14H18ClNO. The second-order valence-corrected chi connectivity index (χ2v) is 4.99. The van der Waals surface area contributed by atoms with E-state index >= 15 is 0 Å². The van der Waals surface area contributed by atoms with Crippen LogP contribution in [-0.2, 0) is 0 Å². The number of rotatable bonds is 3. The topological polar surface area (TPSA) is 32.3 Å². The molecule has 0 aromatic carbocycles. The van der Waals surface area contributed by atoms with Crippen molar-refractivity contribution in [1.29, 1.82) is 0 Å². The first kappa shape index (κ1) is 12.5. The molecule has 3 heteroatoms. The van der Waals surface area contributed by atoms with Gasteiger partial charge in [-0.05, 0) is 24.5 Å². The largest absolute Gasteiger partial charge is 0.388 e. The summed E-state index contributed by atoms with van der Waals surface area (Å²) < 4.78 is 0. The molecule has 0 fully saturated rings. The smallest absolute Gasteiger partial charge is 0.0839 e. The lowest BCUT2D eigenvalue weighted by molar-refractivity contribution is 0.160. The average molecular weight is 252 g/mol.